The molecular formula is C32H49NO4. The van der Waals surface area contributed by atoms with Gasteiger partial charge in [-0.3, -0.25) is 14.5 Å². The zero-order chi connectivity index (χ0) is 26.2. The van der Waals surface area contributed by atoms with Gasteiger partial charge >= 0.3 is 11.9 Å². The monoisotopic (exact) mass is 511 g/mol. The summed E-state index contributed by atoms with van der Waals surface area (Å²) in [4.78, 5) is 28.6. The number of rotatable bonds is 5. The highest BCUT2D eigenvalue weighted by atomic mass is 16.6. The molecule has 37 heavy (non-hydrogen) atoms. The molecule has 0 amide bonds. The third-order valence-corrected chi connectivity index (χ3v) is 14.3. The van der Waals surface area contributed by atoms with Crippen molar-refractivity contribution in [3.05, 3.63) is 0 Å². The summed E-state index contributed by atoms with van der Waals surface area (Å²) in [6.07, 6.45) is 13.1. The molecule has 0 aromatic heterocycles. The van der Waals surface area contributed by atoms with Gasteiger partial charge in [-0.15, -0.1) is 0 Å². The van der Waals surface area contributed by atoms with Gasteiger partial charge in [-0.05, 0) is 113 Å². The van der Waals surface area contributed by atoms with Crippen molar-refractivity contribution in [1.82, 2.24) is 4.90 Å². The number of hydrogen-bond acceptors (Lipinski definition) is 5. The quantitative estimate of drug-likeness (QED) is 0.415. The molecule has 4 saturated heterocycles. The molecule has 2 unspecified atom stereocenters. The van der Waals surface area contributed by atoms with Gasteiger partial charge in [0.25, 0.3) is 0 Å². The number of carbonyl (C=O) groups is 2. The van der Waals surface area contributed by atoms with Crippen LogP contribution in [0.25, 0.3) is 0 Å². The second-order valence-electron chi connectivity index (χ2n) is 15.5. The summed E-state index contributed by atoms with van der Waals surface area (Å²) >= 11 is 0. The highest BCUT2D eigenvalue weighted by Gasteiger charge is 2.80. The largest absolute Gasteiger partial charge is 0.461 e. The van der Waals surface area contributed by atoms with Gasteiger partial charge in [0, 0.05) is 31.0 Å². The molecule has 1 spiro atoms. The van der Waals surface area contributed by atoms with E-state index in [1.165, 1.54) is 64.8 Å². The number of hydrogen-bond donors (Lipinski definition) is 0. The molecule has 4 heterocycles. The first-order valence-corrected chi connectivity index (χ1v) is 15.6. The molecule has 5 nitrogen and oxygen atoms in total. The smallest absolute Gasteiger partial charge is 0.316 e. The van der Waals surface area contributed by atoms with Crippen LogP contribution in [0.1, 0.15) is 112 Å². The van der Waals surface area contributed by atoms with Crippen LogP contribution < -0.4 is 0 Å². The van der Waals surface area contributed by atoms with E-state index in [-0.39, 0.29) is 24.0 Å². The Morgan fingerprint density at radius 2 is 1.86 bits per heavy atom. The van der Waals surface area contributed by atoms with E-state index in [1.807, 2.05) is 0 Å². The lowest BCUT2D eigenvalue weighted by molar-refractivity contribution is -0.187. The Balaban J connectivity index is 1.31. The Morgan fingerprint density at radius 1 is 1.08 bits per heavy atom. The van der Waals surface area contributed by atoms with Crippen LogP contribution in [-0.2, 0) is 19.1 Å². The van der Waals surface area contributed by atoms with Gasteiger partial charge in [0.05, 0.1) is 0 Å². The van der Waals surface area contributed by atoms with Gasteiger partial charge < -0.3 is 9.47 Å². The molecule has 0 aromatic carbocycles. The normalized spacial score (nSPS) is 56.9. The van der Waals surface area contributed by atoms with Gasteiger partial charge in [0.2, 0.25) is 0 Å². The minimum atomic E-state index is -0.734. The maximum absolute atomic E-state index is 13.5. The van der Waals surface area contributed by atoms with Crippen LogP contribution in [0.4, 0.5) is 0 Å². The van der Waals surface area contributed by atoms with E-state index in [0.717, 1.165) is 37.0 Å². The number of nitrogens with zero attached hydrogens (tertiary/aromatic N) is 1. The summed E-state index contributed by atoms with van der Waals surface area (Å²) in [5, 5.41) is 0. The van der Waals surface area contributed by atoms with Crippen LogP contribution in [0.2, 0.25) is 0 Å². The van der Waals surface area contributed by atoms with Crippen molar-refractivity contribution in [3.63, 3.8) is 0 Å². The van der Waals surface area contributed by atoms with Crippen molar-refractivity contribution in [3.8, 4) is 0 Å². The minimum Gasteiger partial charge on any atom is -0.461 e. The number of carbonyl (C=O) groups excluding carboxylic acids is 2. The Hall–Kier alpha value is -1.10. The molecule has 7 fully saturated rings. The zero-order valence-electron chi connectivity index (χ0n) is 24.1. The fourth-order valence-corrected chi connectivity index (χ4v) is 12.8. The molecule has 7 bridgehead atoms. The van der Waals surface area contributed by atoms with Gasteiger partial charge in [-0.25, -0.2) is 0 Å². The Labute approximate surface area is 223 Å². The van der Waals surface area contributed by atoms with Gasteiger partial charge in [-0.2, -0.15) is 0 Å². The summed E-state index contributed by atoms with van der Waals surface area (Å²) in [5.74, 6) is 2.78. The maximum atomic E-state index is 13.5. The van der Waals surface area contributed by atoms with E-state index in [4.69, 9.17) is 9.47 Å². The van der Waals surface area contributed by atoms with E-state index in [9.17, 15) is 9.59 Å². The molecule has 7 rings (SSSR count). The lowest BCUT2D eigenvalue weighted by Gasteiger charge is -2.67. The van der Waals surface area contributed by atoms with E-state index in [0.29, 0.717) is 28.3 Å². The van der Waals surface area contributed by atoms with Crippen molar-refractivity contribution in [1.29, 1.82) is 0 Å². The SMILES string of the molecule is CC(=O)OC1CC[C@@]2(C)OC(=O)[C@@]1(C)[C@H]2CC[C@]12[C@@H]3[C@@H](C(C)C)CC[C@@]1(C)[C@@H]1CC[C@@]4(CCC[C@H]42)N3C1. The van der Waals surface area contributed by atoms with Crippen molar-refractivity contribution < 1.29 is 19.1 Å². The first-order chi connectivity index (χ1) is 17.4. The highest BCUT2D eigenvalue weighted by Crippen LogP contribution is 2.79. The molecule has 206 valence electrons. The predicted molar refractivity (Wildman–Crippen MR) is 142 cm³/mol. The van der Waals surface area contributed by atoms with E-state index in [2.05, 4.69) is 39.5 Å². The maximum Gasteiger partial charge on any atom is 0.316 e. The molecule has 0 radical (unpaired) electrons. The molecular weight excluding hydrogens is 462 g/mol. The van der Waals surface area contributed by atoms with Crippen molar-refractivity contribution in [2.45, 2.75) is 135 Å². The zero-order valence-corrected chi connectivity index (χ0v) is 24.1. The van der Waals surface area contributed by atoms with Gasteiger partial charge in [-0.1, -0.05) is 27.2 Å². The van der Waals surface area contributed by atoms with Crippen LogP contribution >= 0.6 is 0 Å². The van der Waals surface area contributed by atoms with E-state index >= 15 is 0 Å². The lowest BCUT2D eigenvalue weighted by atomic mass is 9.41. The lowest BCUT2D eigenvalue weighted by Crippen LogP contribution is -2.68. The number of ether oxygens (including phenoxy) is 2. The summed E-state index contributed by atoms with van der Waals surface area (Å²) in [7, 11) is 0. The number of esters is 2. The standard InChI is InChI=1S/C32H49NO4/c1-19(2)22-10-14-28(4)21-9-16-31-13-7-8-24(31)32(28,26(22)33(31)18-21)17-11-23-29(5)15-12-25(36-20(3)34)30(23,6)27(35)37-29/h19,21-26H,7-18H2,1-6H3/t21-,22-,23+,24-,25?,26+,28+,29-,30+,31-,32+/m1/s1. The number of piperidine rings is 2. The van der Waals surface area contributed by atoms with Gasteiger partial charge in [0.1, 0.15) is 17.1 Å². The fourth-order valence-electron chi connectivity index (χ4n) is 12.8. The molecule has 12 atom stereocenters. The van der Waals surface area contributed by atoms with E-state index < -0.39 is 11.0 Å². The van der Waals surface area contributed by atoms with Crippen LogP contribution in [0, 0.1) is 45.8 Å². The van der Waals surface area contributed by atoms with Crippen molar-refractivity contribution >= 4 is 11.9 Å². The molecule has 0 N–H and O–H groups in total. The average molecular weight is 512 g/mol. The molecule has 3 saturated carbocycles. The third kappa shape index (κ3) is 2.72. The Kier molecular flexibility index (Phi) is 5.08. The van der Waals surface area contributed by atoms with Crippen LogP contribution in [-0.4, -0.2) is 46.7 Å². The fraction of sp³-hybridized carbons (Fsp3) is 0.938. The van der Waals surface area contributed by atoms with Crippen molar-refractivity contribution in [2.75, 3.05) is 6.54 Å². The first kappa shape index (κ1) is 24.9. The summed E-state index contributed by atoms with van der Waals surface area (Å²) in [5.41, 5.74) is -0.0154. The van der Waals surface area contributed by atoms with E-state index in [1.54, 1.807) is 0 Å². The van der Waals surface area contributed by atoms with Crippen molar-refractivity contribution in [2.24, 2.45) is 45.8 Å². The average Bonchev–Trinajstić information content (AvgIpc) is 3.35. The predicted octanol–water partition coefficient (Wildman–Crippen LogP) is 6.14. The van der Waals surface area contributed by atoms with Gasteiger partial charge in [0.15, 0.2) is 0 Å². The highest BCUT2D eigenvalue weighted by molar-refractivity contribution is 5.82. The molecule has 0 aromatic rings. The molecule has 5 heteroatoms. The number of fused-ring (bicyclic) bond motifs is 4. The Bertz CT molecular complexity index is 1030. The summed E-state index contributed by atoms with van der Waals surface area (Å²) in [6.45, 7) is 14.7. The minimum absolute atomic E-state index is 0.104. The third-order valence-electron chi connectivity index (χ3n) is 14.3. The first-order valence-electron chi connectivity index (χ1n) is 15.6. The van der Waals surface area contributed by atoms with Crippen LogP contribution in [0.5, 0.6) is 0 Å². The Morgan fingerprint density at radius 3 is 2.59 bits per heavy atom. The molecule has 4 aliphatic heterocycles. The topological polar surface area (TPSA) is 55.8 Å². The summed E-state index contributed by atoms with van der Waals surface area (Å²) < 4.78 is 12.0. The molecule has 3 aliphatic carbocycles. The van der Waals surface area contributed by atoms with Crippen LogP contribution in [0.3, 0.4) is 0 Å². The van der Waals surface area contributed by atoms with Crippen LogP contribution in [0.15, 0.2) is 0 Å². The second-order valence-corrected chi connectivity index (χ2v) is 15.5. The second kappa shape index (κ2) is 7.55. The summed E-state index contributed by atoms with van der Waals surface area (Å²) in [6, 6.07) is 0.691. The molecule has 7 aliphatic rings.